The summed E-state index contributed by atoms with van der Waals surface area (Å²) in [4.78, 5) is 35.8. The van der Waals surface area contributed by atoms with Gasteiger partial charge in [-0.05, 0) is 64.1 Å². The highest BCUT2D eigenvalue weighted by Crippen LogP contribution is 2.12. The molecule has 2 rings (SSSR count). The molecular formula is C24H26N2O5. The second-order valence-corrected chi connectivity index (χ2v) is 7.76. The third-order valence-corrected chi connectivity index (χ3v) is 3.89. The van der Waals surface area contributed by atoms with E-state index in [9.17, 15) is 14.4 Å². The number of anilines is 1. The highest BCUT2D eigenvalue weighted by Gasteiger charge is 2.21. The van der Waals surface area contributed by atoms with Crippen LogP contribution in [0.5, 0.6) is 0 Å². The maximum Gasteiger partial charge on any atom is 0.408 e. The number of benzene rings is 2. The summed E-state index contributed by atoms with van der Waals surface area (Å²) >= 11 is 0. The van der Waals surface area contributed by atoms with E-state index in [0.29, 0.717) is 22.4 Å². The van der Waals surface area contributed by atoms with E-state index in [1.54, 1.807) is 76.2 Å². The van der Waals surface area contributed by atoms with Gasteiger partial charge in [0.25, 0.3) is 0 Å². The molecule has 7 nitrogen and oxygen atoms in total. The largest absolute Gasteiger partial charge is 0.465 e. The summed E-state index contributed by atoms with van der Waals surface area (Å²) in [7, 11) is 1.32. The molecule has 2 aromatic rings. The van der Waals surface area contributed by atoms with Crippen LogP contribution in [0.3, 0.4) is 0 Å². The van der Waals surface area contributed by atoms with E-state index in [4.69, 9.17) is 9.47 Å². The number of alkyl carbamates (subject to hydrolysis) is 1. The topological polar surface area (TPSA) is 93.7 Å². The molecule has 0 radical (unpaired) electrons. The zero-order valence-corrected chi connectivity index (χ0v) is 18.2. The van der Waals surface area contributed by atoms with Crippen LogP contribution in [-0.4, -0.2) is 36.7 Å². The van der Waals surface area contributed by atoms with Gasteiger partial charge in [0, 0.05) is 16.8 Å². The molecule has 0 aromatic heterocycles. The minimum atomic E-state index is -0.786. The Morgan fingerprint density at radius 3 is 2.19 bits per heavy atom. The highest BCUT2D eigenvalue weighted by molar-refractivity contribution is 5.96. The number of ether oxygens (including phenoxy) is 2. The fourth-order valence-electron chi connectivity index (χ4n) is 2.46. The third kappa shape index (κ3) is 7.86. The molecule has 7 heteroatoms. The van der Waals surface area contributed by atoms with Crippen LogP contribution in [0.15, 0.2) is 48.5 Å². The van der Waals surface area contributed by atoms with Crippen LogP contribution in [0, 0.1) is 11.8 Å². The predicted molar refractivity (Wildman–Crippen MR) is 118 cm³/mol. The van der Waals surface area contributed by atoms with Gasteiger partial charge in [0.05, 0.1) is 12.7 Å². The number of methoxy groups -OCH3 is 1. The molecule has 0 fully saturated rings. The van der Waals surface area contributed by atoms with Crippen LogP contribution in [0.25, 0.3) is 0 Å². The minimum Gasteiger partial charge on any atom is -0.465 e. The Bertz CT molecular complexity index is 1030. The summed E-state index contributed by atoms with van der Waals surface area (Å²) in [6.45, 7) is 6.80. The van der Waals surface area contributed by atoms with Crippen molar-refractivity contribution in [3.63, 3.8) is 0 Å². The molecule has 2 aromatic carbocycles. The highest BCUT2D eigenvalue weighted by atomic mass is 16.6. The average molecular weight is 422 g/mol. The van der Waals surface area contributed by atoms with E-state index >= 15 is 0 Å². The average Bonchev–Trinajstić information content (AvgIpc) is 2.70. The van der Waals surface area contributed by atoms with Crippen molar-refractivity contribution in [2.75, 3.05) is 12.4 Å². The van der Waals surface area contributed by atoms with Crippen molar-refractivity contribution in [1.82, 2.24) is 5.32 Å². The Kier molecular flexibility index (Phi) is 7.81. The predicted octanol–water partition coefficient (Wildman–Crippen LogP) is 3.72. The molecule has 0 spiro atoms. The number of esters is 1. The van der Waals surface area contributed by atoms with Crippen molar-refractivity contribution >= 4 is 23.7 Å². The summed E-state index contributed by atoms with van der Waals surface area (Å²) in [5.74, 6) is 5.17. The first-order valence-corrected chi connectivity index (χ1v) is 9.68. The van der Waals surface area contributed by atoms with Gasteiger partial charge in [0.15, 0.2) is 0 Å². The van der Waals surface area contributed by atoms with Crippen LogP contribution in [0.4, 0.5) is 10.5 Å². The molecule has 0 saturated carbocycles. The monoisotopic (exact) mass is 422 g/mol. The summed E-state index contributed by atoms with van der Waals surface area (Å²) in [5.41, 5.74) is 1.64. The number of carbonyl (C=O) groups is 3. The molecular weight excluding hydrogens is 396 g/mol. The minimum absolute atomic E-state index is 0.387. The molecule has 0 aliphatic heterocycles. The summed E-state index contributed by atoms with van der Waals surface area (Å²) in [6, 6.07) is 13.0. The number of hydrogen-bond donors (Lipinski definition) is 2. The molecule has 162 valence electrons. The van der Waals surface area contributed by atoms with Crippen molar-refractivity contribution < 1.29 is 23.9 Å². The molecule has 0 saturated heterocycles. The molecule has 0 bridgehead atoms. The Balaban J connectivity index is 2.05. The van der Waals surface area contributed by atoms with Crippen LogP contribution in [0.1, 0.15) is 49.2 Å². The van der Waals surface area contributed by atoms with Crippen LogP contribution >= 0.6 is 0 Å². The number of carbonyl (C=O) groups excluding carboxylic acids is 3. The SMILES string of the molecule is COC(=O)c1cccc(C#Cc2cccc(NC(=O)C(C)NC(=O)OC(C)(C)C)c2)c1. The number of nitrogens with one attached hydrogen (secondary N) is 2. The molecule has 31 heavy (non-hydrogen) atoms. The van der Waals surface area contributed by atoms with Crippen LogP contribution in [-0.2, 0) is 14.3 Å². The number of amides is 2. The van der Waals surface area contributed by atoms with Gasteiger partial charge >= 0.3 is 12.1 Å². The Morgan fingerprint density at radius 1 is 0.968 bits per heavy atom. The molecule has 0 heterocycles. The Morgan fingerprint density at radius 2 is 1.58 bits per heavy atom. The lowest BCUT2D eigenvalue weighted by Crippen LogP contribution is -2.43. The molecule has 2 amide bonds. The van der Waals surface area contributed by atoms with Crippen molar-refractivity contribution in [3.05, 3.63) is 65.2 Å². The third-order valence-electron chi connectivity index (χ3n) is 3.89. The van der Waals surface area contributed by atoms with Crippen molar-refractivity contribution in [3.8, 4) is 11.8 Å². The van der Waals surface area contributed by atoms with Crippen LogP contribution < -0.4 is 10.6 Å². The zero-order valence-electron chi connectivity index (χ0n) is 18.2. The molecule has 0 aliphatic carbocycles. The fraction of sp³-hybridized carbons (Fsp3) is 0.292. The summed E-state index contributed by atoms with van der Waals surface area (Å²) < 4.78 is 9.87. The molecule has 0 aliphatic rings. The van der Waals surface area contributed by atoms with Crippen molar-refractivity contribution in [1.29, 1.82) is 0 Å². The molecule has 1 unspecified atom stereocenters. The second-order valence-electron chi connectivity index (χ2n) is 7.76. The van der Waals surface area contributed by atoms with E-state index in [1.807, 2.05) is 0 Å². The quantitative estimate of drug-likeness (QED) is 0.579. The first kappa shape index (κ1) is 23.5. The van der Waals surface area contributed by atoms with Crippen molar-refractivity contribution in [2.45, 2.75) is 39.3 Å². The van der Waals surface area contributed by atoms with Gasteiger partial charge in [-0.2, -0.15) is 0 Å². The normalized spacial score (nSPS) is 11.4. The summed E-state index contributed by atoms with van der Waals surface area (Å²) in [6.07, 6.45) is -0.663. The maximum absolute atomic E-state index is 12.4. The second kappa shape index (κ2) is 10.3. The smallest absolute Gasteiger partial charge is 0.408 e. The number of rotatable bonds is 4. The maximum atomic E-state index is 12.4. The lowest BCUT2D eigenvalue weighted by Gasteiger charge is -2.21. The van der Waals surface area contributed by atoms with Gasteiger partial charge in [-0.3, -0.25) is 4.79 Å². The van der Waals surface area contributed by atoms with Gasteiger partial charge in [-0.25, -0.2) is 9.59 Å². The van der Waals surface area contributed by atoms with Gasteiger partial charge in [-0.15, -0.1) is 0 Å². The fourth-order valence-corrected chi connectivity index (χ4v) is 2.46. The number of hydrogen-bond acceptors (Lipinski definition) is 5. The standard InChI is InChI=1S/C24H26N2O5/c1-16(25-23(29)31-24(2,3)4)21(27)26-20-11-7-9-18(15-20)13-12-17-8-6-10-19(14-17)22(28)30-5/h6-11,14-16H,1-5H3,(H,25,29)(H,26,27). The lowest BCUT2D eigenvalue weighted by atomic mass is 10.1. The molecule has 2 N–H and O–H groups in total. The van der Waals surface area contributed by atoms with Gasteiger partial charge in [0.1, 0.15) is 11.6 Å². The zero-order chi connectivity index (χ0) is 23.0. The Hall–Kier alpha value is -3.79. The Labute approximate surface area is 182 Å². The van der Waals surface area contributed by atoms with Crippen LogP contribution in [0.2, 0.25) is 0 Å². The van der Waals surface area contributed by atoms with E-state index in [1.165, 1.54) is 7.11 Å². The van der Waals surface area contributed by atoms with Crippen molar-refractivity contribution in [2.24, 2.45) is 0 Å². The van der Waals surface area contributed by atoms with E-state index in [-0.39, 0.29) is 5.91 Å². The first-order chi connectivity index (χ1) is 14.6. The van der Waals surface area contributed by atoms with Gasteiger partial charge in [0.2, 0.25) is 5.91 Å². The summed E-state index contributed by atoms with van der Waals surface area (Å²) in [5, 5.41) is 5.24. The van der Waals surface area contributed by atoms with Gasteiger partial charge in [-0.1, -0.05) is 24.0 Å². The van der Waals surface area contributed by atoms with E-state index in [2.05, 4.69) is 22.5 Å². The first-order valence-electron chi connectivity index (χ1n) is 9.68. The van der Waals surface area contributed by atoms with Gasteiger partial charge < -0.3 is 20.1 Å². The lowest BCUT2D eigenvalue weighted by molar-refractivity contribution is -0.117. The molecule has 1 atom stereocenters. The van der Waals surface area contributed by atoms with E-state index < -0.39 is 23.7 Å². The van der Waals surface area contributed by atoms with E-state index in [0.717, 1.165) is 0 Å².